The van der Waals surface area contributed by atoms with Gasteiger partial charge < -0.3 is 28.4 Å². The van der Waals surface area contributed by atoms with E-state index < -0.39 is 17.3 Å². The molecule has 9 nitrogen and oxygen atoms in total. The molecule has 5 N–H and O–H groups in total. The van der Waals surface area contributed by atoms with Crippen molar-refractivity contribution in [2.24, 2.45) is 11.8 Å². The van der Waals surface area contributed by atoms with Crippen molar-refractivity contribution in [3.63, 3.8) is 0 Å². The number of aromatic nitrogens is 2. The minimum Gasteiger partial charge on any atom is -1.00 e. The first kappa shape index (κ1) is 27.9. The lowest BCUT2D eigenvalue weighted by Gasteiger charge is -2.32. The van der Waals surface area contributed by atoms with Crippen molar-refractivity contribution in [3.8, 4) is 0 Å². The van der Waals surface area contributed by atoms with Gasteiger partial charge in [0, 0.05) is 18.3 Å². The summed E-state index contributed by atoms with van der Waals surface area (Å²) in [6.45, 7) is 10.9. The monoisotopic (exact) mass is 445 g/mol. The predicted molar refractivity (Wildman–Crippen MR) is 111 cm³/mol. The molecule has 0 spiro atoms. The van der Waals surface area contributed by atoms with Crippen LogP contribution in [0.1, 0.15) is 46.1 Å². The number of H-pyrrole nitrogens is 1. The lowest BCUT2D eigenvalue weighted by molar-refractivity contribution is -0.364. The van der Waals surface area contributed by atoms with Crippen LogP contribution in [0.3, 0.4) is 0 Å². The Balaban J connectivity index is 0.00000841. The molecule has 0 aliphatic heterocycles. The summed E-state index contributed by atoms with van der Waals surface area (Å²) in [5.74, 6) is 0.0305. The Kier molecular flexibility index (Phi) is 12.3. The Morgan fingerprint density at radius 1 is 1.20 bits per heavy atom. The molecule has 0 aliphatic rings. The van der Waals surface area contributed by atoms with Crippen LogP contribution in [-0.2, 0) is 16.1 Å². The van der Waals surface area contributed by atoms with Crippen molar-refractivity contribution in [2.75, 3.05) is 19.6 Å². The van der Waals surface area contributed by atoms with Crippen molar-refractivity contribution in [1.29, 1.82) is 0 Å². The van der Waals surface area contributed by atoms with Crippen molar-refractivity contribution >= 4 is 11.8 Å². The van der Waals surface area contributed by atoms with Gasteiger partial charge in [-0.05, 0) is 31.6 Å². The molecule has 1 unspecified atom stereocenters. The summed E-state index contributed by atoms with van der Waals surface area (Å²) in [6.07, 6.45) is 2.63. The Morgan fingerprint density at radius 3 is 2.37 bits per heavy atom. The van der Waals surface area contributed by atoms with Crippen LogP contribution in [0.4, 0.5) is 0 Å². The van der Waals surface area contributed by atoms with Gasteiger partial charge in [-0.2, -0.15) is 0 Å². The summed E-state index contributed by atoms with van der Waals surface area (Å²) < 4.78 is 1.18. The highest BCUT2D eigenvalue weighted by molar-refractivity contribution is 5.87. The lowest BCUT2D eigenvalue weighted by atomic mass is 10.00. The molecule has 0 aliphatic carbocycles. The zero-order chi connectivity index (χ0) is 22.1. The number of nitrogens with zero attached hydrogens (tertiary/aromatic N) is 2. The third kappa shape index (κ3) is 8.71. The van der Waals surface area contributed by atoms with Gasteiger partial charge in [-0.15, -0.1) is 0 Å². The molecule has 10 heteroatoms. The maximum Gasteiger partial charge on any atom is 0.328 e. The third-order valence-electron chi connectivity index (χ3n) is 4.61. The van der Waals surface area contributed by atoms with Crippen LogP contribution in [0.2, 0.25) is 0 Å². The summed E-state index contributed by atoms with van der Waals surface area (Å²) in [5.41, 5.74) is 2.97. The normalized spacial score (nSPS) is 11.9. The largest absolute Gasteiger partial charge is 1.00 e. The van der Waals surface area contributed by atoms with Crippen molar-refractivity contribution in [1.82, 2.24) is 19.8 Å². The highest BCUT2D eigenvalue weighted by atomic mass is 35.5. The summed E-state index contributed by atoms with van der Waals surface area (Å²) in [5, 5.41) is 2.84. The maximum atomic E-state index is 13.2. The molecule has 0 radical (unpaired) electrons. The van der Waals surface area contributed by atoms with Crippen LogP contribution in [0.15, 0.2) is 15.8 Å². The van der Waals surface area contributed by atoms with Crippen LogP contribution in [0, 0.1) is 18.8 Å². The molecule has 1 aromatic rings. The fourth-order valence-corrected chi connectivity index (χ4v) is 2.98. The SMILES string of the molecule is Cc1cn(CC(=O)N(CCC(C)C)C(CC(C)C)C(=O)NCC[NH3+])c(=O)[nH]c1=O.[Cl-]. The van der Waals surface area contributed by atoms with E-state index in [-0.39, 0.29) is 36.7 Å². The fraction of sp³-hybridized carbons (Fsp3) is 0.700. The number of halogens is 1. The number of rotatable bonds is 11. The van der Waals surface area contributed by atoms with E-state index in [2.05, 4.69) is 29.9 Å². The highest BCUT2D eigenvalue weighted by Crippen LogP contribution is 2.15. The van der Waals surface area contributed by atoms with Crippen molar-refractivity contribution in [2.45, 2.75) is 60.0 Å². The van der Waals surface area contributed by atoms with E-state index >= 15 is 0 Å². The smallest absolute Gasteiger partial charge is 0.328 e. The number of amides is 2. The first-order chi connectivity index (χ1) is 13.6. The standard InChI is InChI=1S/C20H35N5O4.ClH/c1-13(2)6-9-25(16(10-14(3)4)19(28)22-8-7-21)17(26)12-24-11-15(5)18(27)23-20(24)29;/h11,13-14,16H,6-10,12,21H2,1-5H3,(H,22,28)(H,23,27,29);1H. The zero-order valence-corrected chi connectivity index (χ0v) is 19.4. The van der Waals surface area contributed by atoms with E-state index in [0.717, 1.165) is 6.42 Å². The molecule has 1 heterocycles. The molecule has 2 amide bonds. The Bertz CT molecular complexity index is 803. The number of hydrogen-bond donors (Lipinski definition) is 3. The highest BCUT2D eigenvalue weighted by Gasteiger charge is 2.30. The number of carbonyl (C=O) groups excluding carboxylic acids is 2. The van der Waals surface area contributed by atoms with Gasteiger partial charge in [0.15, 0.2) is 0 Å². The number of carbonyl (C=O) groups is 2. The predicted octanol–water partition coefficient (Wildman–Crippen LogP) is -3.50. The Labute approximate surface area is 183 Å². The van der Waals surface area contributed by atoms with E-state index in [1.807, 2.05) is 13.8 Å². The summed E-state index contributed by atoms with van der Waals surface area (Å²) in [6, 6.07) is -0.618. The van der Waals surface area contributed by atoms with Gasteiger partial charge in [0.05, 0.1) is 13.1 Å². The van der Waals surface area contributed by atoms with Crippen molar-refractivity contribution in [3.05, 3.63) is 32.6 Å². The number of aryl methyl sites for hydroxylation is 1. The Morgan fingerprint density at radius 2 is 1.83 bits per heavy atom. The summed E-state index contributed by atoms with van der Waals surface area (Å²) in [7, 11) is 0. The average Bonchev–Trinajstić information content (AvgIpc) is 2.62. The quantitative estimate of drug-likeness (QED) is 0.326. The lowest BCUT2D eigenvalue weighted by Crippen LogP contribution is -3.00. The second kappa shape index (κ2) is 13.2. The minimum atomic E-state index is -0.639. The molecule has 0 saturated heterocycles. The molecular formula is C20H36ClN5O4. The van der Waals surface area contributed by atoms with Gasteiger partial charge >= 0.3 is 5.69 Å². The van der Waals surface area contributed by atoms with Gasteiger partial charge in [-0.25, -0.2) is 4.79 Å². The fourth-order valence-electron chi connectivity index (χ4n) is 2.98. The molecule has 1 rings (SSSR count). The molecular weight excluding hydrogens is 410 g/mol. The number of nitrogens with one attached hydrogen (secondary N) is 2. The summed E-state index contributed by atoms with van der Waals surface area (Å²) in [4.78, 5) is 53.4. The van der Waals surface area contributed by atoms with E-state index in [4.69, 9.17) is 0 Å². The molecule has 1 atom stereocenters. The number of aromatic amines is 1. The number of quaternary nitrogens is 1. The molecule has 0 aromatic carbocycles. The molecule has 30 heavy (non-hydrogen) atoms. The number of hydrogen-bond acceptors (Lipinski definition) is 4. The van der Waals surface area contributed by atoms with Crippen LogP contribution >= 0.6 is 0 Å². The second-order valence-corrected chi connectivity index (χ2v) is 8.26. The van der Waals surface area contributed by atoms with E-state index in [1.165, 1.54) is 10.8 Å². The molecule has 0 bridgehead atoms. The molecule has 1 aromatic heterocycles. The van der Waals surface area contributed by atoms with Crippen molar-refractivity contribution < 1.29 is 27.7 Å². The van der Waals surface area contributed by atoms with Crippen LogP contribution in [0.25, 0.3) is 0 Å². The minimum absolute atomic E-state index is 0. The molecule has 172 valence electrons. The van der Waals surface area contributed by atoms with Gasteiger partial charge in [-0.1, -0.05) is 27.7 Å². The molecule has 0 saturated carbocycles. The van der Waals surface area contributed by atoms with Gasteiger partial charge in [0.2, 0.25) is 11.8 Å². The first-order valence-corrected chi connectivity index (χ1v) is 10.2. The van der Waals surface area contributed by atoms with Gasteiger partial charge in [-0.3, -0.25) is 23.9 Å². The van der Waals surface area contributed by atoms with Crippen LogP contribution < -0.4 is 34.7 Å². The zero-order valence-electron chi connectivity index (χ0n) is 18.7. The Hall–Kier alpha value is -2.13. The van der Waals surface area contributed by atoms with Gasteiger partial charge in [0.1, 0.15) is 12.6 Å². The maximum absolute atomic E-state index is 13.2. The van der Waals surface area contributed by atoms with Crippen LogP contribution in [0.5, 0.6) is 0 Å². The van der Waals surface area contributed by atoms with E-state index in [9.17, 15) is 19.2 Å². The van der Waals surface area contributed by atoms with Gasteiger partial charge in [0.25, 0.3) is 5.56 Å². The second-order valence-electron chi connectivity index (χ2n) is 8.26. The third-order valence-corrected chi connectivity index (χ3v) is 4.61. The average molecular weight is 446 g/mol. The van der Waals surface area contributed by atoms with Crippen LogP contribution in [-0.4, -0.2) is 51.9 Å². The van der Waals surface area contributed by atoms with E-state index in [1.54, 1.807) is 11.8 Å². The molecule has 0 fully saturated rings. The summed E-state index contributed by atoms with van der Waals surface area (Å²) >= 11 is 0. The topological polar surface area (TPSA) is 132 Å². The first-order valence-electron chi connectivity index (χ1n) is 10.2. The van der Waals surface area contributed by atoms with E-state index in [0.29, 0.717) is 37.5 Å².